The fourth-order valence-corrected chi connectivity index (χ4v) is 3.41. The second-order valence-electron chi connectivity index (χ2n) is 4.02. The molecule has 0 saturated heterocycles. The quantitative estimate of drug-likeness (QED) is 0.797. The Balaban J connectivity index is 2.60. The van der Waals surface area contributed by atoms with Crippen LogP contribution in [-0.4, -0.2) is 26.8 Å². The second-order valence-corrected chi connectivity index (χ2v) is 7.13. The van der Waals surface area contributed by atoms with Gasteiger partial charge in [-0.05, 0) is 31.8 Å². The molecule has 0 aliphatic carbocycles. The highest BCUT2D eigenvalue weighted by molar-refractivity contribution is 7.90. The number of rotatable bonds is 7. The van der Waals surface area contributed by atoms with E-state index in [0.29, 0.717) is 6.54 Å². The molecular formula is C11H20N2O2S2. The predicted octanol–water partition coefficient (Wildman–Crippen LogP) is 1.73. The van der Waals surface area contributed by atoms with E-state index in [1.165, 1.54) is 0 Å². The lowest BCUT2D eigenvalue weighted by Gasteiger charge is -2.17. The summed E-state index contributed by atoms with van der Waals surface area (Å²) in [7, 11) is -3.26. The molecule has 2 N–H and O–H groups in total. The van der Waals surface area contributed by atoms with Crippen molar-refractivity contribution in [2.24, 2.45) is 0 Å². The molecule has 0 amide bonds. The van der Waals surface area contributed by atoms with E-state index < -0.39 is 15.3 Å². The number of nitrogens with one attached hydrogen (secondary N) is 2. The van der Waals surface area contributed by atoms with Gasteiger partial charge in [0.05, 0.1) is 11.3 Å². The molecule has 0 bridgehead atoms. The van der Waals surface area contributed by atoms with Gasteiger partial charge in [-0.1, -0.05) is 13.0 Å². The van der Waals surface area contributed by atoms with E-state index in [4.69, 9.17) is 0 Å². The van der Waals surface area contributed by atoms with Crippen molar-refractivity contribution in [3.63, 3.8) is 0 Å². The molecule has 4 nitrogen and oxygen atoms in total. The minimum absolute atomic E-state index is 0.163. The zero-order valence-electron chi connectivity index (χ0n) is 10.4. The average molecular weight is 276 g/mol. The first kappa shape index (κ1) is 14.6. The summed E-state index contributed by atoms with van der Waals surface area (Å²) in [6, 6.07) is 3.70. The first-order valence-electron chi connectivity index (χ1n) is 5.72. The summed E-state index contributed by atoms with van der Waals surface area (Å²) in [5, 5.41) is 4.57. The summed E-state index contributed by atoms with van der Waals surface area (Å²) in [5.74, 6) is 0. The van der Waals surface area contributed by atoms with Crippen molar-refractivity contribution in [3.8, 4) is 0 Å². The van der Waals surface area contributed by atoms with Crippen molar-refractivity contribution >= 4 is 21.4 Å². The number of hydrogen-bond donors (Lipinski definition) is 2. The topological polar surface area (TPSA) is 58.2 Å². The molecular weight excluding hydrogens is 256 g/mol. The second kappa shape index (κ2) is 6.49. The van der Waals surface area contributed by atoms with Crippen LogP contribution in [-0.2, 0) is 10.0 Å². The summed E-state index contributed by atoms with van der Waals surface area (Å²) < 4.78 is 26.7. The molecule has 17 heavy (non-hydrogen) atoms. The Hall–Kier alpha value is -0.430. The van der Waals surface area contributed by atoms with Gasteiger partial charge < -0.3 is 5.32 Å². The van der Waals surface area contributed by atoms with Crippen LogP contribution in [0.2, 0.25) is 0 Å². The van der Waals surface area contributed by atoms with Crippen molar-refractivity contribution in [1.82, 2.24) is 10.0 Å². The number of sulfonamides is 1. The van der Waals surface area contributed by atoms with E-state index in [2.05, 4.69) is 10.0 Å². The summed E-state index contributed by atoms with van der Waals surface area (Å²) in [5.41, 5.74) is 0. The molecule has 1 rings (SSSR count). The molecule has 2 unspecified atom stereocenters. The molecule has 1 aromatic heterocycles. The Morgan fingerprint density at radius 3 is 2.65 bits per heavy atom. The highest BCUT2D eigenvalue weighted by Crippen LogP contribution is 2.19. The maximum absolute atomic E-state index is 12.0. The smallest absolute Gasteiger partial charge is 0.216 e. The molecule has 1 aromatic rings. The van der Waals surface area contributed by atoms with Crippen molar-refractivity contribution in [2.75, 3.05) is 13.1 Å². The monoisotopic (exact) mass is 276 g/mol. The first-order chi connectivity index (χ1) is 7.97. The van der Waals surface area contributed by atoms with Crippen molar-refractivity contribution in [1.29, 1.82) is 0 Å². The lowest BCUT2D eigenvalue weighted by molar-refractivity contribution is 0.548. The van der Waals surface area contributed by atoms with E-state index in [9.17, 15) is 8.42 Å². The van der Waals surface area contributed by atoms with Gasteiger partial charge in [0.1, 0.15) is 0 Å². The third-order valence-corrected chi connectivity index (χ3v) is 5.49. The molecule has 1 heterocycles. The third-order valence-electron chi connectivity index (χ3n) is 2.52. The summed E-state index contributed by atoms with van der Waals surface area (Å²) in [6.45, 7) is 6.79. The SMILES string of the molecule is CCNCC(C)S(=O)(=O)NC(C)c1cccs1. The fourth-order valence-electron chi connectivity index (χ4n) is 1.42. The van der Waals surface area contributed by atoms with Crippen LogP contribution in [0.1, 0.15) is 31.7 Å². The fraction of sp³-hybridized carbons (Fsp3) is 0.636. The molecule has 0 aliphatic heterocycles. The minimum atomic E-state index is -3.26. The minimum Gasteiger partial charge on any atom is -0.316 e. The van der Waals surface area contributed by atoms with E-state index in [-0.39, 0.29) is 6.04 Å². The van der Waals surface area contributed by atoms with Crippen molar-refractivity contribution in [3.05, 3.63) is 22.4 Å². The van der Waals surface area contributed by atoms with Gasteiger partial charge in [0.15, 0.2) is 0 Å². The van der Waals surface area contributed by atoms with E-state index in [0.717, 1.165) is 11.4 Å². The molecule has 0 saturated carbocycles. The number of thiophene rings is 1. The van der Waals surface area contributed by atoms with Gasteiger partial charge in [-0.15, -0.1) is 11.3 Å². The summed E-state index contributed by atoms with van der Waals surface area (Å²) >= 11 is 1.56. The van der Waals surface area contributed by atoms with Crippen LogP contribution in [0.15, 0.2) is 17.5 Å². The van der Waals surface area contributed by atoms with Crippen LogP contribution in [0, 0.1) is 0 Å². The van der Waals surface area contributed by atoms with Gasteiger partial charge in [0, 0.05) is 11.4 Å². The lowest BCUT2D eigenvalue weighted by atomic mass is 10.3. The largest absolute Gasteiger partial charge is 0.316 e. The Labute approximate surface area is 107 Å². The standard InChI is InChI=1S/C11H20N2O2S2/c1-4-12-8-9(2)17(14,15)13-10(3)11-6-5-7-16-11/h5-7,9-10,12-13H,4,8H2,1-3H3. The van der Waals surface area contributed by atoms with Crippen LogP contribution in [0.4, 0.5) is 0 Å². The Morgan fingerprint density at radius 2 is 2.12 bits per heavy atom. The van der Waals surface area contributed by atoms with Gasteiger partial charge in [-0.25, -0.2) is 13.1 Å². The predicted molar refractivity (Wildman–Crippen MR) is 72.8 cm³/mol. The van der Waals surface area contributed by atoms with Crippen molar-refractivity contribution < 1.29 is 8.42 Å². The molecule has 0 radical (unpaired) electrons. The van der Waals surface area contributed by atoms with Gasteiger partial charge in [0.2, 0.25) is 10.0 Å². The highest BCUT2D eigenvalue weighted by atomic mass is 32.2. The first-order valence-corrected chi connectivity index (χ1v) is 8.15. The Morgan fingerprint density at radius 1 is 1.41 bits per heavy atom. The van der Waals surface area contributed by atoms with E-state index in [1.54, 1.807) is 18.3 Å². The Bertz CT molecular complexity index is 415. The average Bonchev–Trinajstić information content (AvgIpc) is 2.78. The van der Waals surface area contributed by atoms with Gasteiger partial charge >= 0.3 is 0 Å². The molecule has 98 valence electrons. The van der Waals surface area contributed by atoms with Crippen LogP contribution in [0.5, 0.6) is 0 Å². The van der Waals surface area contributed by atoms with Gasteiger partial charge in [-0.3, -0.25) is 0 Å². The van der Waals surface area contributed by atoms with Crippen LogP contribution >= 0.6 is 11.3 Å². The maximum Gasteiger partial charge on any atom is 0.216 e. The lowest BCUT2D eigenvalue weighted by Crippen LogP contribution is -2.39. The summed E-state index contributed by atoms with van der Waals surface area (Å²) in [4.78, 5) is 1.03. The highest BCUT2D eigenvalue weighted by Gasteiger charge is 2.23. The van der Waals surface area contributed by atoms with E-state index in [1.807, 2.05) is 31.4 Å². The van der Waals surface area contributed by atoms with Crippen molar-refractivity contribution in [2.45, 2.75) is 32.1 Å². The summed E-state index contributed by atoms with van der Waals surface area (Å²) in [6.07, 6.45) is 0. The van der Waals surface area contributed by atoms with Gasteiger partial charge in [-0.2, -0.15) is 0 Å². The van der Waals surface area contributed by atoms with Gasteiger partial charge in [0.25, 0.3) is 0 Å². The molecule has 0 aliphatic rings. The van der Waals surface area contributed by atoms with E-state index >= 15 is 0 Å². The molecule has 0 aromatic carbocycles. The maximum atomic E-state index is 12.0. The zero-order valence-corrected chi connectivity index (χ0v) is 12.1. The molecule has 2 atom stereocenters. The number of hydrogen-bond acceptors (Lipinski definition) is 4. The molecule has 0 fully saturated rings. The van der Waals surface area contributed by atoms with Crippen LogP contribution in [0.3, 0.4) is 0 Å². The molecule has 6 heteroatoms. The third kappa shape index (κ3) is 4.39. The van der Waals surface area contributed by atoms with Crippen LogP contribution in [0.25, 0.3) is 0 Å². The molecule has 0 spiro atoms. The Kier molecular flexibility index (Phi) is 5.58. The van der Waals surface area contributed by atoms with Crippen LogP contribution < -0.4 is 10.0 Å². The zero-order chi connectivity index (χ0) is 12.9. The normalized spacial score (nSPS) is 15.7.